The van der Waals surface area contributed by atoms with Crippen LogP contribution in [0.2, 0.25) is 0 Å². The highest BCUT2D eigenvalue weighted by molar-refractivity contribution is 5.91. The van der Waals surface area contributed by atoms with E-state index in [1.54, 1.807) is 0 Å². The quantitative estimate of drug-likeness (QED) is 0.525. The molecule has 0 aromatic carbocycles. The third kappa shape index (κ3) is 2.71. The molecule has 3 saturated heterocycles. The third-order valence-corrected chi connectivity index (χ3v) is 9.40. The molecule has 7 heteroatoms. The van der Waals surface area contributed by atoms with Gasteiger partial charge >= 0.3 is 11.9 Å². The Hall–Kier alpha value is -1.89. The summed E-state index contributed by atoms with van der Waals surface area (Å²) in [4.78, 5) is 40.5. The van der Waals surface area contributed by atoms with Gasteiger partial charge in [-0.3, -0.25) is 14.4 Å². The zero-order chi connectivity index (χ0) is 22.1. The van der Waals surface area contributed by atoms with Crippen LogP contribution >= 0.6 is 0 Å². The lowest BCUT2D eigenvalue weighted by Gasteiger charge is -2.57. The van der Waals surface area contributed by atoms with Gasteiger partial charge in [0.1, 0.15) is 0 Å². The van der Waals surface area contributed by atoms with Crippen molar-refractivity contribution in [1.29, 1.82) is 0 Å². The maximum Gasteiger partial charge on any atom is 0.307 e. The van der Waals surface area contributed by atoms with Gasteiger partial charge in [0.2, 0.25) is 5.91 Å². The number of fused-ring (bicyclic) bond motifs is 4. The predicted octanol–water partition coefficient (Wildman–Crippen LogP) is 2.38. The van der Waals surface area contributed by atoms with Crippen LogP contribution < -0.4 is 0 Å². The molecule has 1 spiro atoms. The van der Waals surface area contributed by atoms with Gasteiger partial charge in [-0.1, -0.05) is 18.1 Å². The molecule has 3 aliphatic carbocycles. The molecule has 6 aliphatic rings. The Balaban J connectivity index is 1.75. The number of carboxylic acids is 1. The Kier molecular flexibility index (Phi) is 4.78. The van der Waals surface area contributed by atoms with Crippen molar-refractivity contribution in [3.63, 3.8) is 0 Å². The first kappa shape index (κ1) is 21.0. The van der Waals surface area contributed by atoms with Gasteiger partial charge in [-0.25, -0.2) is 0 Å². The van der Waals surface area contributed by atoms with Gasteiger partial charge < -0.3 is 19.8 Å². The van der Waals surface area contributed by atoms with Crippen LogP contribution in [0.1, 0.15) is 58.8 Å². The van der Waals surface area contributed by atoms with Crippen LogP contribution in [0.3, 0.4) is 0 Å². The Labute approximate surface area is 182 Å². The first-order chi connectivity index (χ1) is 14.7. The van der Waals surface area contributed by atoms with Crippen LogP contribution in [0.5, 0.6) is 0 Å². The summed E-state index contributed by atoms with van der Waals surface area (Å²) < 4.78 is 5.67. The van der Waals surface area contributed by atoms with E-state index in [1.807, 2.05) is 11.8 Å². The minimum absolute atomic E-state index is 0.0157. The molecule has 31 heavy (non-hydrogen) atoms. The molecule has 3 heterocycles. The zero-order valence-corrected chi connectivity index (χ0v) is 18.4. The molecule has 2 unspecified atom stereocenters. The number of aliphatic carboxylic acids is 1. The molecule has 0 radical (unpaired) electrons. The number of aliphatic hydroxyl groups excluding tert-OH is 1. The van der Waals surface area contributed by atoms with Crippen molar-refractivity contribution in [2.24, 2.45) is 34.5 Å². The highest BCUT2D eigenvalue weighted by atomic mass is 16.5. The molecular formula is C24H33NO6. The van der Waals surface area contributed by atoms with Crippen molar-refractivity contribution in [3.05, 3.63) is 11.1 Å². The van der Waals surface area contributed by atoms with E-state index < -0.39 is 28.8 Å². The summed E-state index contributed by atoms with van der Waals surface area (Å²) in [6.07, 6.45) is 4.35. The van der Waals surface area contributed by atoms with Crippen molar-refractivity contribution in [2.45, 2.75) is 64.9 Å². The van der Waals surface area contributed by atoms with E-state index in [4.69, 9.17) is 4.74 Å². The fourth-order valence-corrected chi connectivity index (χ4v) is 8.02. The van der Waals surface area contributed by atoms with E-state index in [0.29, 0.717) is 32.4 Å². The van der Waals surface area contributed by atoms with Gasteiger partial charge in [-0.05, 0) is 62.7 Å². The fraction of sp³-hybridized carbons (Fsp3) is 0.792. The van der Waals surface area contributed by atoms with Gasteiger partial charge in [0.05, 0.1) is 24.0 Å². The SMILES string of the molecule is CC(=O)OCC12CC[C@@H](O)[C@H](C)CN3CC1CCC1=C4[C@H](CC1)[C@H](C(=O)O)C[C@@]42C3=O. The summed E-state index contributed by atoms with van der Waals surface area (Å²) in [5.74, 6) is -1.79. The second-order valence-electron chi connectivity index (χ2n) is 10.7. The van der Waals surface area contributed by atoms with Crippen molar-refractivity contribution in [1.82, 2.24) is 4.90 Å². The number of rotatable bonds is 3. The van der Waals surface area contributed by atoms with Gasteiger partial charge in [0, 0.05) is 25.4 Å². The number of nitrogens with zero attached hydrogens (tertiary/aromatic N) is 1. The molecule has 4 fully saturated rings. The highest BCUT2D eigenvalue weighted by Gasteiger charge is 2.73. The molecule has 7 atom stereocenters. The third-order valence-electron chi connectivity index (χ3n) is 9.40. The van der Waals surface area contributed by atoms with Crippen molar-refractivity contribution in [2.75, 3.05) is 19.7 Å². The maximum absolute atomic E-state index is 14.3. The number of aliphatic hydroxyl groups is 1. The number of esters is 1. The van der Waals surface area contributed by atoms with E-state index in [-0.39, 0.29) is 36.2 Å². The number of ether oxygens (including phenoxy) is 1. The van der Waals surface area contributed by atoms with E-state index in [0.717, 1.165) is 31.3 Å². The largest absolute Gasteiger partial charge is 0.481 e. The van der Waals surface area contributed by atoms with Crippen molar-refractivity contribution in [3.8, 4) is 0 Å². The van der Waals surface area contributed by atoms with Crippen LogP contribution in [0.15, 0.2) is 11.1 Å². The number of piperidine rings is 1. The molecule has 4 bridgehead atoms. The van der Waals surface area contributed by atoms with Crippen LogP contribution in [-0.2, 0) is 19.1 Å². The second kappa shape index (κ2) is 7.06. The number of carbonyl (C=O) groups is 3. The lowest BCUT2D eigenvalue weighted by molar-refractivity contribution is -0.179. The standard InChI is InChI=1S/C24H33NO6/c1-13-10-25-11-16-5-3-15-4-6-17-18(21(28)29)9-24(20(15)17,22(25)30)23(16,8-7-19(13)27)12-31-14(2)26/h13,16-19,27H,3-12H2,1-2H3,(H,28,29)/t13-,16?,17-,18-,19-,23?,24+/m1/s1. The maximum atomic E-state index is 14.3. The Morgan fingerprint density at radius 1 is 1.19 bits per heavy atom. The molecule has 1 saturated carbocycles. The Morgan fingerprint density at radius 3 is 2.65 bits per heavy atom. The molecule has 2 N–H and O–H groups in total. The number of allylic oxidation sites excluding steroid dienone is 1. The molecule has 170 valence electrons. The Morgan fingerprint density at radius 2 is 1.94 bits per heavy atom. The summed E-state index contributed by atoms with van der Waals surface area (Å²) in [7, 11) is 0. The van der Waals surface area contributed by atoms with Crippen LogP contribution in [0.4, 0.5) is 0 Å². The highest BCUT2D eigenvalue weighted by Crippen LogP contribution is 2.71. The molecule has 3 aliphatic heterocycles. The second-order valence-corrected chi connectivity index (χ2v) is 10.7. The lowest BCUT2D eigenvalue weighted by atomic mass is 9.50. The van der Waals surface area contributed by atoms with E-state index in [2.05, 4.69) is 0 Å². The van der Waals surface area contributed by atoms with Gasteiger partial charge in [0.25, 0.3) is 0 Å². The average Bonchev–Trinajstić information content (AvgIpc) is 3.27. The van der Waals surface area contributed by atoms with E-state index in [9.17, 15) is 24.6 Å². The van der Waals surface area contributed by atoms with Gasteiger partial charge in [0.15, 0.2) is 0 Å². The molecular weight excluding hydrogens is 398 g/mol. The van der Waals surface area contributed by atoms with E-state index in [1.165, 1.54) is 12.5 Å². The van der Waals surface area contributed by atoms with Crippen LogP contribution in [0.25, 0.3) is 0 Å². The molecule has 6 rings (SSSR count). The summed E-state index contributed by atoms with van der Waals surface area (Å²) in [6.45, 7) is 4.59. The van der Waals surface area contributed by atoms with Crippen molar-refractivity contribution < 1.29 is 29.3 Å². The number of hydrogen-bond donors (Lipinski definition) is 2. The molecule has 0 aromatic heterocycles. The van der Waals surface area contributed by atoms with Crippen LogP contribution in [0, 0.1) is 34.5 Å². The summed E-state index contributed by atoms with van der Waals surface area (Å²) in [5, 5.41) is 20.9. The monoisotopic (exact) mass is 431 g/mol. The smallest absolute Gasteiger partial charge is 0.307 e. The summed E-state index contributed by atoms with van der Waals surface area (Å²) in [5.41, 5.74) is 0.784. The number of carbonyl (C=O) groups excluding carboxylic acids is 2. The number of hydrogen-bond acceptors (Lipinski definition) is 5. The van der Waals surface area contributed by atoms with E-state index >= 15 is 0 Å². The normalized spacial score (nSPS) is 43.8. The Bertz CT molecular complexity index is 866. The molecule has 7 nitrogen and oxygen atoms in total. The van der Waals surface area contributed by atoms with Gasteiger partial charge in [-0.2, -0.15) is 0 Å². The topological polar surface area (TPSA) is 104 Å². The number of carboxylic acid groups (broad SMARTS) is 1. The van der Waals surface area contributed by atoms with Crippen molar-refractivity contribution >= 4 is 17.8 Å². The summed E-state index contributed by atoms with van der Waals surface area (Å²) >= 11 is 0. The van der Waals surface area contributed by atoms with Gasteiger partial charge in [-0.15, -0.1) is 0 Å². The first-order valence-corrected chi connectivity index (χ1v) is 11.8. The predicted molar refractivity (Wildman–Crippen MR) is 111 cm³/mol. The molecule has 1 amide bonds. The van der Waals surface area contributed by atoms with Crippen LogP contribution in [-0.4, -0.2) is 58.8 Å². The first-order valence-electron chi connectivity index (χ1n) is 11.8. The molecule has 0 aromatic rings. The summed E-state index contributed by atoms with van der Waals surface area (Å²) in [6, 6.07) is 0. The minimum atomic E-state index is -0.925. The average molecular weight is 432 g/mol. The number of amides is 1. The zero-order valence-electron chi connectivity index (χ0n) is 18.4. The fourth-order valence-electron chi connectivity index (χ4n) is 8.02. The lowest BCUT2D eigenvalue weighted by Crippen LogP contribution is -2.65. The minimum Gasteiger partial charge on any atom is -0.481 e.